The summed E-state index contributed by atoms with van der Waals surface area (Å²) >= 11 is 1.78. The second kappa shape index (κ2) is 5.44. The van der Waals surface area contributed by atoms with Crippen molar-refractivity contribution in [1.82, 2.24) is 14.8 Å². The van der Waals surface area contributed by atoms with Crippen LogP contribution in [-0.2, 0) is 13.0 Å². The number of aryl methyl sites for hydroxylation is 1. The normalized spacial score (nSPS) is 23.2. The van der Waals surface area contributed by atoms with Crippen molar-refractivity contribution in [2.75, 3.05) is 33.7 Å². The molecular formula is C12H22N4S. The summed E-state index contributed by atoms with van der Waals surface area (Å²) in [7, 11) is 4.40. The summed E-state index contributed by atoms with van der Waals surface area (Å²) in [5.41, 5.74) is 6.81. The Bertz CT molecular complexity index is 377. The molecule has 0 saturated carbocycles. The topological polar surface area (TPSA) is 45.4 Å². The first-order valence-electron chi connectivity index (χ1n) is 6.14. The molecule has 2 heterocycles. The molecule has 1 unspecified atom stereocenters. The molecule has 1 saturated heterocycles. The Kier molecular flexibility index (Phi) is 4.14. The van der Waals surface area contributed by atoms with E-state index in [1.54, 1.807) is 11.3 Å². The predicted octanol–water partition coefficient (Wildman–Crippen LogP) is 0.699. The van der Waals surface area contributed by atoms with E-state index in [4.69, 9.17) is 5.73 Å². The molecule has 0 spiro atoms. The van der Waals surface area contributed by atoms with Crippen LogP contribution in [-0.4, -0.2) is 54.6 Å². The molecule has 0 aromatic carbocycles. The molecule has 4 nitrogen and oxygen atoms in total. The molecule has 2 rings (SSSR count). The second-order valence-corrected chi connectivity index (χ2v) is 6.09. The summed E-state index contributed by atoms with van der Waals surface area (Å²) in [6.07, 6.45) is 1.05. The van der Waals surface area contributed by atoms with Crippen molar-refractivity contribution in [3.8, 4) is 0 Å². The van der Waals surface area contributed by atoms with Crippen LogP contribution in [0.1, 0.15) is 15.6 Å². The monoisotopic (exact) mass is 254 g/mol. The van der Waals surface area contributed by atoms with E-state index < -0.39 is 0 Å². The number of likely N-dealkylation sites (N-methyl/N-ethyl adjacent to an activating group) is 2. The van der Waals surface area contributed by atoms with Crippen molar-refractivity contribution in [2.45, 2.75) is 25.9 Å². The average Bonchev–Trinajstić information content (AvgIpc) is 2.64. The van der Waals surface area contributed by atoms with E-state index in [1.807, 2.05) is 0 Å². The highest BCUT2D eigenvalue weighted by Crippen LogP contribution is 2.20. The van der Waals surface area contributed by atoms with Crippen LogP contribution in [0, 0.1) is 6.92 Å². The third kappa shape index (κ3) is 3.04. The first kappa shape index (κ1) is 13.0. The van der Waals surface area contributed by atoms with Crippen LogP contribution >= 0.6 is 11.3 Å². The maximum absolute atomic E-state index is 5.70. The molecule has 96 valence electrons. The van der Waals surface area contributed by atoms with Crippen LogP contribution in [0.4, 0.5) is 0 Å². The lowest BCUT2D eigenvalue weighted by molar-refractivity contribution is 0.114. The Morgan fingerprint density at radius 2 is 2.18 bits per heavy atom. The number of hydrogen-bond acceptors (Lipinski definition) is 5. The summed E-state index contributed by atoms with van der Waals surface area (Å²) in [6.45, 7) is 6.11. The van der Waals surface area contributed by atoms with Crippen LogP contribution in [0.5, 0.6) is 0 Å². The third-order valence-electron chi connectivity index (χ3n) is 3.51. The van der Waals surface area contributed by atoms with Gasteiger partial charge in [-0.1, -0.05) is 0 Å². The molecule has 1 atom stereocenters. The van der Waals surface area contributed by atoms with Gasteiger partial charge in [0.2, 0.25) is 0 Å². The number of nitrogens with two attached hydrogens (primary N) is 1. The Morgan fingerprint density at radius 1 is 1.41 bits per heavy atom. The SMILES string of the molecule is Cc1nc(CC2CN(C)CCN2C)sc1CN. The van der Waals surface area contributed by atoms with Crippen LogP contribution in [0.3, 0.4) is 0 Å². The smallest absolute Gasteiger partial charge is 0.0947 e. The Morgan fingerprint density at radius 3 is 2.82 bits per heavy atom. The number of piperazine rings is 1. The number of aromatic nitrogens is 1. The van der Waals surface area contributed by atoms with Crippen molar-refractivity contribution in [2.24, 2.45) is 5.73 Å². The summed E-state index contributed by atoms with van der Waals surface area (Å²) < 4.78 is 0. The average molecular weight is 254 g/mol. The zero-order chi connectivity index (χ0) is 12.4. The van der Waals surface area contributed by atoms with Gasteiger partial charge in [-0.15, -0.1) is 11.3 Å². The highest BCUT2D eigenvalue weighted by atomic mass is 32.1. The largest absolute Gasteiger partial charge is 0.326 e. The van der Waals surface area contributed by atoms with Crippen LogP contribution < -0.4 is 5.73 Å². The fraction of sp³-hybridized carbons (Fsp3) is 0.750. The molecule has 17 heavy (non-hydrogen) atoms. The van der Waals surface area contributed by atoms with Crippen molar-refractivity contribution in [3.63, 3.8) is 0 Å². The molecule has 2 N–H and O–H groups in total. The maximum Gasteiger partial charge on any atom is 0.0947 e. The minimum absolute atomic E-state index is 0.588. The zero-order valence-corrected chi connectivity index (χ0v) is 11.8. The van der Waals surface area contributed by atoms with E-state index in [2.05, 4.69) is 35.8 Å². The Labute approximate surface area is 107 Å². The quantitative estimate of drug-likeness (QED) is 0.862. The van der Waals surface area contributed by atoms with Crippen molar-refractivity contribution >= 4 is 11.3 Å². The minimum Gasteiger partial charge on any atom is -0.326 e. The van der Waals surface area contributed by atoms with E-state index in [0.29, 0.717) is 12.6 Å². The molecule has 1 aliphatic heterocycles. The van der Waals surface area contributed by atoms with Crippen LogP contribution in [0.15, 0.2) is 0 Å². The van der Waals surface area contributed by atoms with Crippen molar-refractivity contribution in [3.05, 3.63) is 15.6 Å². The molecule has 5 heteroatoms. The highest BCUT2D eigenvalue weighted by molar-refractivity contribution is 7.11. The van der Waals surface area contributed by atoms with Gasteiger partial charge in [0.1, 0.15) is 0 Å². The van der Waals surface area contributed by atoms with Crippen LogP contribution in [0.2, 0.25) is 0 Å². The molecule has 1 aromatic rings. The molecular weight excluding hydrogens is 232 g/mol. The fourth-order valence-electron chi connectivity index (χ4n) is 2.29. The van der Waals surface area contributed by atoms with E-state index in [9.17, 15) is 0 Å². The number of nitrogens with zero attached hydrogens (tertiary/aromatic N) is 3. The predicted molar refractivity (Wildman–Crippen MR) is 72.4 cm³/mol. The van der Waals surface area contributed by atoms with Gasteiger partial charge < -0.3 is 15.5 Å². The molecule has 0 radical (unpaired) electrons. The second-order valence-electron chi connectivity index (χ2n) is 4.92. The number of rotatable bonds is 3. The van der Waals surface area contributed by atoms with Gasteiger partial charge in [-0.3, -0.25) is 0 Å². The molecule has 1 aliphatic rings. The first-order chi connectivity index (χ1) is 8.10. The lowest BCUT2D eigenvalue weighted by Gasteiger charge is -2.37. The number of hydrogen-bond donors (Lipinski definition) is 1. The molecule has 0 aliphatic carbocycles. The summed E-state index contributed by atoms with van der Waals surface area (Å²) in [5.74, 6) is 0. The standard InChI is InChI=1S/C12H22N4S/c1-9-11(7-13)17-12(14-9)6-10-8-15(2)4-5-16(10)3/h10H,4-8,13H2,1-3H3. The van der Waals surface area contributed by atoms with Gasteiger partial charge in [0, 0.05) is 43.5 Å². The zero-order valence-electron chi connectivity index (χ0n) is 10.9. The van der Waals surface area contributed by atoms with Gasteiger partial charge in [0.05, 0.1) is 10.7 Å². The third-order valence-corrected chi connectivity index (χ3v) is 4.71. The van der Waals surface area contributed by atoms with Gasteiger partial charge in [-0.2, -0.15) is 0 Å². The Hall–Kier alpha value is -0.490. The van der Waals surface area contributed by atoms with Crippen molar-refractivity contribution < 1.29 is 0 Å². The van der Waals surface area contributed by atoms with Gasteiger partial charge in [0.25, 0.3) is 0 Å². The van der Waals surface area contributed by atoms with E-state index >= 15 is 0 Å². The van der Waals surface area contributed by atoms with Gasteiger partial charge in [-0.25, -0.2) is 4.98 Å². The maximum atomic E-state index is 5.70. The first-order valence-corrected chi connectivity index (χ1v) is 6.96. The number of thiazole rings is 1. The molecule has 0 bridgehead atoms. The fourth-order valence-corrected chi connectivity index (χ4v) is 3.31. The summed E-state index contributed by atoms with van der Waals surface area (Å²) in [5, 5.41) is 1.23. The summed E-state index contributed by atoms with van der Waals surface area (Å²) in [6, 6.07) is 0.588. The van der Waals surface area contributed by atoms with E-state index in [-0.39, 0.29) is 0 Å². The van der Waals surface area contributed by atoms with E-state index in [1.165, 1.54) is 9.88 Å². The molecule has 0 amide bonds. The summed E-state index contributed by atoms with van der Waals surface area (Å²) in [4.78, 5) is 10.7. The van der Waals surface area contributed by atoms with Crippen LogP contribution in [0.25, 0.3) is 0 Å². The minimum atomic E-state index is 0.588. The molecule has 1 aromatic heterocycles. The van der Waals surface area contributed by atoms with Crippen molar-refractivity contribution in [1.29, 1.82) is 0 Å². The lowest BCUT2D eigenvalue weighted by atomic mass is 10.1. The highest BCUT2D eigenvalue weighted by Gasteiger charge is 2.23. The lowest BCUT2D eigenvalue weighted by Crippen LogP contribution is -2.50. The van der Waals surface area contributed by atoms with E-state index in [0.717, 1.165) is 31.7 Å². The Balaban J connectivity index is 2.03. The van der Waals surface area contributed by atoms with Gasteiger partial charge in [0.15, 0.2) is 0 Å². The molecule has 1 fully saturated rings. The van der Waals surface area contributed by atoms with Gasteiger partial charge >= 0.3 is 0 Å². The van der Waals surface area contributed by atoms with Gasteiger partial charge in [-0.05, 0) is 21.0 Å².